The summed E-state index contributed by atoms with van der Waals surface area (Å²) in [7, 11) is 0. The van der Waals surface area contributed by atoms with E-state index >= 15 is 0 Å². The number of hydrazone groups is 1. The molecule has 2 N–H and O–H groups in total. The minimum absolute atomic E-state index is 0.229. The van der Waals surface area contributed by atoms with Crippen LogP contribution in [0.15, 0.2) is 66.0 Å². The van der Waals surface area contributed by atoms with Gasteiger partial charge in [-0.15, -0.1) is 0 Å². The maximum absolute atomic E-state index is 12.8. The summed E-state index contributed by atoms with van der Waals surface area (Å²) in [4.78, 5) is 12.8. The molecule has 0 aliphatic rings. The predicted molar refractivity (Wildman–Crippen MR) is 126 cm³/mol. The Kier molecular flexibility index (Phi) is 6.07. The van der Waals surface area contributed by atoms with Gasteiger partial charge in [-0.3, -0.25) is 4.79 Å². The highest BCUT2D eigenvalue weighted by atomic mass is 16.3. The normalized spacial score (nSPS) is 12.3. The van der Waals surface area contributed by atoms with Crippen molar-refractivity contribution in [1.29, 1.82) is 0 Å². The first kappa shape index (κ1) is 22.3. The van der Waals surface area contributed by atoms with Crippen molar-refractivity contribution >= 4 is 12.1 Å². The molecule has 0 aliphatic carbocycles. The van der Waals surface area contributed by atoms with Crippen LogP contribution in [-0.4, -0.2) is 21.8 Å². The van der Waals surface area contributed by atoms with Crippen molar-refractivity contribution in [2.75, 3.05) is 0 Å². The predicted octanol–water partition coefficient (Wildman–Crippen LogP) is 5.54. The van der Waals surface area contributed by atoms with Gasteiger partial charge < -0.3 is 9.67 Å². The van der Waals surface area contributed by atoms with Crippen LogP contribution in [0.25, 0.3) is 5.69 Å². The zero-order valence-electron chi connectivity index (χ0n) is 19.1. The molecule has 5 heteroatoms. The Bertz CT molecular complexity index is 1060. The lowest BCUT2D eigenvalue weighted by Gasteiger charge is -2.27. The number of hydrogen-bond acceptors (Lipinski definition) is 3. The number of phenolic OH excluding ortho intramolecular Hbond substituents is 1. The third-order valence-electron chi connectivity index (χ3n) is 5.16. The molecule has 0 bridgehead atoms. The Hall–Kier alpha value is -3.34. The lowest BCUT2D eigenvalue weighted by atomic mass is 9.78. The SMILES string of the molecule is CC(C)(C)c1cc(/C=N/NC(=O)c2ccccc2-n2cccc2)cc(C(C)(C)C)c1O. The standard InChI is InChI=1S/C26H31N3O2/c1-25(2,3)20-15-18(16-21(23(20)30)26(4,5)6)17-27-28-24(31)19-11-7-8-12-22(19)29-13-9-10-14-29/h7-17,30H,1-6H3,(H,28,31)/b27-17+. The van der Waals surface area contributed by atoms with Gasteiger partial charge in [0.25, 0.3) is 5.91 Å². The number of nitrogens with one attached hydrogen (secondary N) is 1. The van der Waals surface area contributed by atoms with Crippen LogP contribution < -0.4 is 5.43 Å². The Morgan fingerprint density at radius 2 is 1.48 bits per heavy atom. The molecular formula is C26H31N3O2. The van der Waals surface area contributed by atoms with Crippen molar-refractivity contribution in [3.63, 3.8) is 0 Å². The number of hydrogen-bond donors (Lipinski definition) is 2. The fraction of sp³-hybridized carbons (Fsp3) is 0.308. The van der Waals surface area contributed by atoms with E-state index in [9.17, 15) is 9.90 Å². The van der Waals surface area contributed by atoms with Crippen LogP contribution in [0, 0.1) is 0 Å². The van der Waals surface area contributed by atoms with Crippen molar-refractivity contribution in [1.82, 2.24) is 9.99 Å². The summed E-state index contributed by atoms with van der Waals surface area (Å²) in [6.45, 7) is 12.4. The second kappa shape index (κ2) is 8.42. The second-order valence-electron chi connectivity index (χ2n) is 9.77. The lowest BCUT2D eigenvalue weighted by Crippen LogP contribution is -2.20. The van der Waals surface area contributed by atoms with Gasteiger partial charge in [0, 0.05) is 23.5 Å². The van der Waals surface area contributed by atoms with Crippen molar-refractivity contribution < 1.29 is 9.90 Å². The first-order valence-electron chi connectivity index (χ1n) is 10.4. The fourth-order valence-electron chi connectivity index (χ4n) is 3.49. The van der Waals surface area contributed by atoms with Crippen molar-refractivity contribution in [2.24, 2.45) is 5.10 Å². The Balaban J connectivity index is 1.89. The van der Waals surface area contributed by atoms with Gasteiger partial charge in [0.2, 0.25) is 0 Å². The van der Waals surface area contributed by atoms with Crippen molar-refractivity contribution in [2.45, 2.75) is 52.4 Å². The average molecular weight is 418 g/mol. The second-order valence-corrected chi connectivity index (χ2v) is 9.77. The molecule has 31 heavy (non-hydrogen) atoms. The van der Waals surface area contributed by atoms with Crippen LogP contribution >= 0.6 is 0 Å². The van der Waals surface area contributed by atoms with Gasteiger partial charge in [0.1, 0.15) is 5.75 Å². The molecule has 5 nitrogen and oxygen atoms in total. The number of rotatable bonds is 4. The van der Waals surface area contributed by atoms with Crippen molar-refractivity contribution in [3.8, 4) is 11.4 Å². The number of phenols is 1. The van der Waals surface area contributed by atoms with Gasteiger partial charge in [0.15, 0.2) is 0 Å². The van der Waals surface area contributed by atoms with E-state index in [1.54, 1.807) is 12.3 Å². The third kappa shape index (κ3) is 5.05. The molecule has 3 aromatic rings. The molecule has 0 spiro atoms. The first-order chi connectivity index (χ1) is 14.5. The van der Waals surface area contributed by atoms with Crippen LogP contribution in [0.3, 0.4) is 0 Å². The summed E-state index contributed by atoms with van der Waals surface area (Å²) in [5.74, 6) is 0.0354. The van der Waals surface area contributed by atoms with E-state index in [0.29, 0.717) is 11.3 Å². The molecule has 0 fully saturated rings. The molecular weight excluding hydrogens is 386 g/mol. The Morgan fingerprint density at radius 1 is 0.935 bits per heavy atom. The Morgan fingerprint density at radius 3 is 2.03 bits per heavy atom. The van der Waals surface area contributed by atoms with Crippen LogP contribution in [-0.2, 0) is 10.8 Å². The van der Waals surface area contributed by atoms with Gasteiger partial charge in [-0.2, -0.15) is 5.10 Å². The van der Waals surface area contributed by atoms with Crippen molar-refractivity contribution in [3.05, 3.63) is 83.2 Å². The molecule has 0 radical (unpaired) electrons. The largest absolute Gasteiger partial charge is 0.507 e. The van der Waals surface area contributed by atoms with Gasteiger partial charge in [-0.25, -0.2) is 5.43 Å². The maximum atomic E-state index is 12.8. The first-order valence-corrected chi connectivity index (χ1v) is 10.4. The number of para-hydroxylation sites is 1. The van der Waals surface area contributed by atoms with E-state index in [0.717, 1.165) is 22.4 Å². The molecule has 0 unspecified atom stereocenters. The highest BCUT2D eigenvalue weighted by molar-refractivity contribution is 5.98. The van der Waals surface area contributed by atoms with E-state index in [-0.39, 0.29) is 16.7 Å². The quantitative estimate of drug-likeness (QED) is 0.432. The maximum Gasteiger partial charge on any atom is 0.273 e. The molecule has 0 atom stereocenters. The molecule has 0 aliphatic heterocycles. The van der Waals surface area contributed by atoms with Crippen LogP contribution in [0.4, 0.5) is 0 Å². The summed E-state index contributed by atoms with van der Waals surface area (Å²) in [6, 6.07) is 15.1. The number of nitrogens with zero attached hydrogens (tertiary/aromatic N) is 2. The minimum atomic E-state index is -0.286. The Labute approximate surface area is 184 Å². The van der Waals surface area contributed by atoms with Crippen LogP contribution in [0.2, 0.25) is 0 Å². The average Bonchev–Trinajstić information content (AvgIpc) is 3.22. The van der Waals surface area contributed by atoms with Gasteiger partial charge in [0.05, 0.1) is 17.5 Å². The molecule has 3 rings (SSSR count). The van der Waals surface area contributed by atoms with Gasteiger partial charge in [-0.05, 0) is 52.8 Å². The minimum Gasteiger partial charge on any atom is -0.507 e. The van der Waals surface area contributed by atoms with E-state index in [2.05, 4.69) is 52.1 Å². The summed E-state index contributed by atoms with van der Waals surface area (Å²) >= 11 is 0. The van der Waals surface area contributed by atoms with Gasteiger partial charge >= 0.3 is 0 Å². The zero-order valence-corrected chi connectivity index (χ0v) is 19.1. The molecule has 162 valence electrons. The summed E-state index contributed by atoms with van der Waals surface area (Å²) in [5, 5.41) is 15.1. The molecule has 2 aromatic carbocycles. The summed E-state index contributed by atoms with van der Waals surface area (Å²) in [5.41, 5.74) is 6.03. The topological polar surface area (TPSA) is 66.6 Å². The number of carbonyl (C=O) groups is 1. The zero-order chi connectivity index (χ0) is 22.8. The monoisotopic (exact) mass is 417 g/mol. The van der Waals surface area contributed by atoms with E-state index in [1.807, 2.05) is 59.4 Å². The number of benzene rings is 2. The van der Waals surface area contributed by atoms with Crippen LogP contribution in [0.1, 0.15) is 68.6 Å². The van der Waals surface area contributed by atoms with E-state index < -0.39 is 0 Å². The highest BCUT2D eigenvalue weighted by Crippen LogP contribution is 2.39. The number of aromatic hydroxyl groups is 1. The number of aromatic nitrogens is 1. The molecule has 1 aromatic heterocycles. The molecule has 1 amide bonds. The summed E-state index contributed by atoms with van der Waals surface area (Å²) in [6.07, 6.45) is 5.42. The number of amides is 1. The molecule has 0 saturated heterocycles. The third-order valence-corrected chi connectivity index (χ3v) is 5.16. The molecule has 1 heterocycles. The summed E-state index contributed by atoms with van der Waals surface area (Å²) < 4.78 is 1.89. The van der Waals surface area contributed by atoms with E-state index in [1.165, 1.54) is 0 Å². The van der Waals surface area contributed by atoms with Gasteiger partial charge in [-0.1, -0.05) is 53.7 Å². The smallest absolute Gasteiger partial charge is 0.273 e. The lowest BCUT2D eigenvalue weighted by molar-refractivity contribution is 0.0955. The van der Waals surface area contributed by atoms with Crippen LogP contribution in [0.5, 0.6) is 5.75 Å². The highest BCUT2D eigenvalue weighted by Gasteiger charge is 2.26. The number of carbonyl (C=O) groups excluding carboxylic acids is 1. The fourth-order valence-corrected chi connectivity index (χ4v) is 3.49. The van der Waals surface area contributed by atoms with E-state index in [4.69, 9.17) is 0 Å². The molecule has 0 saturated carbocycles.